The van der Waals surface area contributed by atoms with Crippen molar-refractivity contribution in [2.45, 2.75) is 25.7 Å². The van der Waals surface area contributed by atoms with Crippen LogP contribution in [-0.4, -0.2) is 24.5 Å². The number of piperidine rings is 1. The summed E-state index contributed by atoms with van der Waals surface area (Å²) in [6.45, 7) is 3.67. The SMILES string of the molecule is C1=C(N2CCCCC2)NCC1. The molecule has 0 radical (unpaired) electrons. The highest BCUT2D eigenvalue weighted by molar-refractivity contribution is 5.05. The molecule has 0 unspecified atom stereocenters. The molecule has 0 aliphatic carbocycles. The van der Waals surface area contributed by atoms with E-state index < -0.39 is 0 Å². The predicted molar refractivity (Wildman–Crippen MR) is 46.1 cm³/mol. The minimum Gasteiger partial charge on any atom is -0.372 e. The van der Waals surface area contributed by atoms with Crippen molar-refractivity contribution >= 4 is 0 Å². The Bertz CT molecular complexity index is 157. The maximum absolute atomic E-state index is 3.41. The van der Waals surface area contributed by atoms with Crippen LogP contribution in [0.2, 0.25) is 0 Å². The lowest BCUT2D eigenvalue weighted by molar-refractivity contribution is 0.272. The van der Waals surface area contributed by atoms with Crippen LogP contribution in [0, 0.1) is 0 Å². The molecule has 0 spiro atoms. The van der Waals surface area contributed by atoms with E-state index in [0.717, 1.165) is 6.54 Å². The van der Waals surface area contributed by atoms with Crippen LogP contribution in [0.3, 0.4) is 0 Å². The molecule has 2 rings (SSSR count). The zero-order valence-electron chi connectivity index (χ0n) is 6.97. The summed E-state index contributed by atoms with van der Waals surface area (Å²) < 4.78 is 0. The molecule has 0 saturated carbocycles. The molecule has 2 heteroatoms. The maximum Gasteiger partial charge on any atom is 0.0972 e. The summed E-state index contributed by atoms with van der Waals surface area (Å²) >= 11 is 0. The smallest absolute Gasteiger partial charge is 0.0972 e. The standard InChI is InChI=1S/C9H16N2/c1-2-7-11(8-3-1)9-5-4-6-10-9/h5,10H,1-4,6-8H2. The van der Waals surface area contributed by atoms with Gasteiger partial charge in [0.25, 0.3) is 0 Å². The third kappa shape index (κ3) is 1.50. The van der Waals surface area contributed by atoms with Crippen LogP contribution in [0.25, 0.3) is 0 Å². The minimum absolute atomic E-state index is 1.14. The van der Waals surface area contributed by atoms with Gasteiger partial charge in [0.1, 0.15) is 0 Å². The van der Waals surface area contributed by atoms with Crippen LogP contribution in [0.5, 0.6) is 0 Å². The van der Waals surface area contributed by atoms with Crippen LogP contribution in [0.4, 0.5) is 0 Å². The van der Waals surface area contributed by atoms with E-state index in [4.69, 9.17) is 0 Å². The van der Waals surface area contributed by atoms with Crippen molar-refractivity contribution in [2.24, 2.45) is 0 Å². The second-order valence-corrected chi connectivity index (χ2v) is 3.35. The van der Waals surface area contributed by atoms with Crippen molar-refractivity contribution in [3.05, 3.63) is 11.9 Å². The molecule has 1 fully saturated rings. The highest BCUT2D eigenvalue weighted by Crippen LogP contribution is 2.15. The molecular weight excluding hydrogens is 136 g/mol. The Morgan fingerprint density at radius 3 is 2.64 bits per heavy atom. The Morgan fingerprint density at radius 2 is 2.00 bits per heavy atom. The third-order valence-electron chi connectivity index (χ3n) is 2.48. The van der Waals surface area contributed by atoms with Gasteiger partial charge in [-0.05, 0) is 31.8 Å². The number of rotatable bonds is 1. The number of hydrogen-bond donors (Lipinski definition) is 1. The van der Waals surface area contributed by atoms with Crippen molar-refractivity contribution in [1.82, 2.24) is 10.2 Å². The molecule has 2 heterocycles. The summed E-state index contributed by atoms with van der Waals surface area (Å²) in [5, 5.41) is 3.41. The lowest BCUT2D eigenvalue weighted by Gasteiger charge is -2.29. The number of hydrogen-bond acceptors (Lipinski definition) is 2. The highest BCUT2D eigenvalue weighted by atomic mass is 15.2. The summed E-state index contributed by atoms with van der Waals surface area (Å²) in [5.74, 6) is 1.39. The first-order valence-electron chi connectivity index (χ1n) is 4.66. The molecule has 62 valence electrons. The van der Waals surface area contributed by atoms with Gasteiger partial charge in [0.05, 0.1) is 5.82 Å². The largest absolute Gasteiger partial charge is 0.372 e. The summed E-state index contributed by atoms with van der Waals surface area (Å²) in [5.41, 5.74) is 0. The van der Waals surface area contributed by atoms with Crippen LogP contribution < -0.4 is 5.32 Å². The van der Waals surface area contributed by atoms with Crippen molar-refractivity contribution in [3.63, 3.8) is 0 Å². The normalized spacial score (nSPS) is 24.7. The molecule has 11 heavy (non-hydrogen) atoms. The van der Waals surface area contributed by atoms with Crippen molar-refractivity contribution in [3.8, 4) is 0 Å². The molecule has 0 aromatic carbocycles. The van der Waals surface area contributed by atoms with Gasteiger partial charge < -0.3 is 10.2 Å². The van der Waals surface area contributed by atoms with Gasteiger partial charge in [-0.15, -0.1) is 0 Å². The van der Waals surface area contributed by atoms with Gasteiger partial charge in [0.15, 0.2) is 0 Å². The van der Waals surface area contributed by atoms with Crippen LogP contribution in [-0.2, 0) is 0 Å². The zero-order valence-corrected chi connectivity index (χ0v) is 6.97. The Kier molecular flexibility index (Phi) is 2.01. The fourth-order valence-corrected chi connectivity index (χ4v) is 1.86. The fourth-order valence-electron chi connectivity index (χ4n) is 1.86. The summed E-state index contributed by atoms with van der Waals surface area (Å²) in [6.07, 6.45) is 7.71. The Hall–Kier alpha value is -0.660. The molecular formula is C9H16N2. The van der Waals surface area contributed by atoms with Gasteiger partial charge in [-0.3, -0.25) is 0 Å². The van der Waals surface area contributed by atoms with Crippen molar-refractivity contribution < 1.29 is 0 Å². The molecule has 2 nitrogen and oxygen atoms in total. The van der Waals surface area contributed by atoms with E-state index in [2.05, 4.69) is 16.3 Å². The van der Waals surface area contributed by atoms with E-state index in [9.17, 15) is 0 Å². The lowest BCUT2D eigenvalue weighted by Crippen LogP contribution is -2.33. The molecule has 2 aliphatic rings. The van der Waals surface area contributed by atoms with E-state index in [0.29, 0.717) is 0 Å². The van der Waals surface area contributed by atoms with Gasteiger partial charge in [-0.2, -0.15) is 0 Å². The molecule has 0 amide bonds. The average molecular weight is 152 g/mol. The Morgan fingerprint density at radius 1 is 1.18 bits per heavy atom. The first kappa shape index (κ1) is 7.01. The van der Waals surface area contributed by atoms with Crippen LogP contribution in [0.1, 0.15) is 25.7 Å². The van der Waals surface area contributed by atoms with Crippen LogP contribution in [0.15, 0.2) is 11.9 Å². The Balaban J connectivity index is 1.92. The van der Waals surface area contributed by atoms with E-state index in [1.807, 2.05) is 0 Å². The first-order chi connectivity index (χ1) is 5.47. The minimum atomic E-state index is 1.14. The van der Waals surface area contributed by atoms with Crippen molar-refractivity contribution in [2.75, 3.05) is 19.6 Å². The van der Waals surface area contributed by atoms with Gasteiger partial charge >= 0.3 is 0 Å². The molecule has 0 bridgehead atoms. The van der Waals surface area contributed by atoms with Gasteiger partial charge in [-0.1, -0.05) is 0 Å². The fraction of sp³-hybridized carbons (Fsp3) is 0.778. The lowest BCUT2D eigenvalue weighted by atomic mass is 10.1. The Labute approximate surface area is 68.3 Å². The van der Waals surface area contributed by atoms with Gasteiger partial charge in [0, 0.05) is 19.6 Å². The molecule has 1 N–H and O–H groups in total. The molecule has 0 aromatic rings. The van der Waals surface area contributed by atoms with E-state index in [1.165, 1.54) is 44.6 Å². The van der Waals surface area contributed by atoms with E-state index in [1.54, 1.807) is 0 Å². The average Bonchev–Trinajstić information content (AvgIpc) is 2.58. The summed E-state index contributed by atoms with van der Waals surface area (Å²) in [4.78, 5) is 2.48. The molecule has 0 atom stereocenters. The number of nitrogens with one attached hydrogen (secondary N) is 1. The number of nitrogens with zero attached hydrogens (tertiary/aromatic N) is 1. The first-order valence-corrected chi connectivity index (χ1v) is 4.66. The number of likely N-dealkylation sites (tertiary alicyclic amines) is 1. The summed E-state index contributed by atoms with van der Waals surface area (Å²) in [7, 11) is 0. The van der Waals surface area contributed by atoms with Crippen LogP contribution >= 0.6 is 0 Å². The van der Waals surface area contributed by atoms with E-state index >= 15 is 0 Å². The monoisotopic (exact) mass is 152 g/mol. The maximum atomic E-state index is 3.41. The quantitative estimate of drug-likeness (QED) is 0.609. The van der Waals surface area contributed by atoms with Crippen molar-refractivity contribution in [1.29, 1.82) is 0 Å². The summed E-state index contributed by atoms with van der Waals surface area (Å²) in [6, 6.07) is 0. The molecule has 1 saturated heterocycles. The topological polar surface area (TPSA) is 15.3 Å². The van der Waals surface area contributed by atoms with E-state index in [-0.39, 0.29) is 0 Å². The second kappa shape index (κ2) is 3.16. The third-order valence-corrected chi connectivity index (χ3v) is 2.48. The molecule has 0 aromatic heterocycles. The molecule has 2 aliphatic heterocycles. The van der Waals surface area contributed by atoms with Gasteiger partial charge in [-0.25, -0.2) is 0 Å². The highest BCUT2D eigenvalue weighted by Gasteiger charge is 2.14. The second-order valence-electron chi connectivity index (χ2n) is 3.35. The zero-order chi connectivity index (χ0) is 7.52. The predicted octanol–water partition coefficient (Wildman–Crippen LogP) is 1.31. The van der Waals surface area contributed by atoms with Gasteiger partial charge in [0.2, 0.25) is 0 Å².